The van der Waals surface area contributed by atoms with Crippen molar-refractivity contribution in [3.05, 3.63) is 90.2 Å². The predicted octanol–water partition coefficient (Wildman–Crippen LogP) is 7.05. The summed E-state index contributed by atoms with van der Waals surface area (Å²) >= 11 is 1.39. The molecule has 0 bridgehead atoms. The second kappa shape index (κ2) is 10.2. The number of carbonyl (C=O) groups is 1. The summed E-state index contributed by atoms with van der Waals surface area (Å²) in [5.41, 5.74) is 3.00. The summed E-state index contributed by atoms with van der Waals surface area (Å²) in [7, 11) is 0. The number of amides is 1. The molecule has 0 aliphatic rings. The number of unbranched alkanes of at least 4 members (excludes halogenated alkanes) is 1. The van der Waals surface area contributed by atoms with E-state index in [0.29, 0.717) is 23.0 Å². The normalized spacial score (nSPS) is 10.7. The number of anilines is 1. The number of hydrogen-bond donors (Lipinski definition) is 1. The molecule has 32 heavy (non-hydrogen) atoms. The molecule has 0 saturated heterocycles. The van der Waals surface area contributed by atoms with E-state index in [4.69, 9.17) is 4.74 Å². The molecule has 0 aliphatic carbocycles. The van der Waals surface area contributed by atoms with Crippen LogP contribution in [-0.2, 0) is 0 Å². The van der Waals surface area contributed by atoms with Crippen LogP contribution in [0.5, 0.6) is 5.75 Å². The molecule has 0 unspecified atom stereocenters. The molecule has 1 heterocycles. The number of ether oxygens (including phenoxy) is 1. The van der Waals surface area contributed by atoms with E-state index in [-0.39, 0.29) is 11.7 Å². The molecule has 6 heteroatoms. The Morgan fingerprint density at radius 2 is 1.69 bits per heavy atom. The van der Waals surface area contributed by atoms with Gasteiger partial charge in [-0.05, 0) is 60.5 Å². The number of halogens is 1. The van der Waals surface area contributed by atoms with Gasteiger partial charge in [-0.1, -0.05) is 55.0 Å². The zero-order valence-corrected chi connectivity index (χ0v) is 18.5. The fourth-order valence-electron chi connectivity index (χ4n) is 3.17. The summed E-state index contributed by atoms with van der Waals surface area (Å²) in [5, 5.41) is 3.38. The zero-order chi connectivity index (χ0) is 22.3. The maximum atomic E-state index is 13.4. The van der Waals surface area contributed by atoms with Crippen LogP contribution in [-0.4, -0.2) is 17.5 Å². The van der Waals surface area contributed by atoms with Gasteiger partial charge in [0, 0.05) is 11.1 Å². The minimum absolute atomic E-state index is 0.246. The molecule has 0 fully saturated rings. The highest BCUT2D eigenvalue weighted by Gasteiger charge is 2.17. The lowest BCUT2D eigenvalue weighted by atomic mass is 10.1. The lowest BCUT2D eigenvalue weighted by Gasteiger charge is -2.06. The molecule has 0 aliphatic heterocycles. The van der Waals surface area contributed by atoms with Crippen molar-refractivity contribution >= 4 is 22.4 Å². The van der Waals surface area contributed by atoms with Crippen LogP contribution in [0.4, 0.5) is 9.52 Å². The van der Waals surface area contributed by atoms with Gasteiger partial charge < -0.3 is 4.74 Å². The van der Waals surface area contributed by atoms with E-state index < -0.39 is 0 Å². The van der Waals surface area contributed by atoms with Crippen LogP contribution in [0, 0.1) is 5.82 Å². The standard InChI is InChI=1S/C26H23FN2O2S/c1-2-3-17-31-22-15-11-20(12-16-22)25(30)29-26-28-23(18-9-13-21(27)14-10-18)24(32-26)19-7-5-4-6-8-19/h4-16H,2-3,17H2,1H3,(H,28,29,30). The fraction of sp³-hybridized carbons (Fsp3) is 0.154. The average molecular weight is 447 g/mol. The van der Waals surface area contributed by atoms with Crippen LogP contribution in [0.15, 0.2) is 78.9 Å². The van der Waals surface area contributed by atoms with E-state index in [1.165, 1.54) is 23.5 Å². The smallest absolute Gasteiger partial charge is 0.257 e. The Bertz CT molecular complexity index is 1170. The van der Waals surface area contributed by atoms with Crippen molar-refractivity contribution in [2.24, 2.45) is 0 Å². The number of rotatable bonds is 8. The van der Waals surface area contributed by atoms with Gasteiger partial charge in [-0.15, -0.1) is 0 Å². The van der Waals surface area contributed by atoms with Crippen LogP contribution in [0.3, 0.4) is 0 Å². The Hall–Kier alpha value is -3.51. The van der Waals surface area contributed by atoms with Crippen molar-refractivity contribution in [2.45, 2.75) is 19.8 Å². The molecule has 4 aromatic rings. The summed E-state index contributed by atoms with van der Waals surface area (Å²) in [6.07, 6.45) is 2.06. The number of benzene rings is 3. The summed E-state index contributed by atoms with van der Waals surface area (Å²) in [6.45, 7) is 2.77. The van der Waals surface area contributed by atoms with Crippen molar-refractivity contribution in [3.63, 3.8) is 0 Å². The minimum atomic E-state index is -0.305. The van der Waals surface area contributed by atoms with Gasteiger partial charge in [-0.3, -0.25) is 10.1 Å². The van der Waals surface area contributed by atoms with Gasteiger partial charge in [0.25, 0.3) is 5.91 Å². The van der Waals surface area contributed by atoms with Crippen LogP contribution in [0.1, 0.15) is 30.1 Å². The summed E-state index contributed by atoms with van der Waals surface area (Å²) in [4.78, 5) is 18.4. The lowest BCUT2D eigenvalue weighted by molar-refractivity contribution is 0.102. The third kappa shape index (κ3) is 5.21. The van der Waals surface area contributed by atoms with Crippen LogP contribution in [0.25, 0.3) is 21.7 Å². The summed E-state index contributed by atoms with van der Waals surface area (Å²) in [6, 6.07) is 23.1. The number of carbonyl (C=O) groups excluding carboxylic acids is 1. The Balaban J connectivity index is 1.57. The molecule has 1 N–H and O–H groups in total. The van der Waals surface area contributed by atoms with E-state index in [1.54, 1.807) is 36.4 Å². The van der Waals surface area contributed by atoms with Crippen LogP contribution >= 0.6 is 11.3 Å². The minimum Gasteiger partial charge on any atom is -0.494 e. The van der Waals surface area contributed by atoms with Gasteiger partial charge in [-0.25, -0.2) is 9.37 Å². The van der Waals surface area contributed by atoms with Gasteiger partial charge in [0.05, 0.1) is 17.2 Å². The molecule has 3 aromatic carbocycles. The van der Waals surface area contributed by atoms with E-state index in [2.05, 4.69) is 17.2 Å². The second-order valence-corrected chi connectivity index (χ2v) is 8.25. The highest BCUT2D eigenvalue weighted by Crippen LogP contribution is 2.39. The van der Waals surface area contributed by atoms with Gasteiger partial charge in [0.15, 0.2) is 5.13 Å². The molecule has 0 spiro atoms. The van der Waals surface area contributed by atoms with E-state index in [1.807, 2.05) is 30.3 Å². The van der Waals surface area contributed by atoms with E-state index >= 15 is 0 Å². The van der Waals surface area contributed by atoms with Crippen molar-refractivity contribution in [1.82, 2.24) is 4.98 Å². The van der Waals surface area contributed by atoms with Crippen molar-refractivity contribution < 1.29 is 13.9 Å². The Kier molecular flexibility index (Phi) is 6.92. The monoisotopic (exact) mass is 446 g/mol. The first-order valence-corrected chi connectivity index (χ1v) is 11.3. The molecular formula is C26H23FN2O2S. The first-order valence-electron chi connectivity index (χ1n) is 10.5. The molecule has 0 radical (unpaired) electrons. The molecule has 4 nitrogen and oxygen atoms in total. The van der Waals surface area contributed by atoms with Gasteiger partial charge >= 0.3 is 0 Å². The van der Waals surface area contributed by atoms with Gasteiger partial charge in [-0.2, -0.15) is 0 Å². The number of hydrogen-bond acceptors (Lipinski definition) is 4. The SMILES string of the molecule is CCCCOc1ccc(C(=O)Nc2nc(-c3ccc(F)cc3)c(-c3ccccc3)s2)cc1. The molecule has 0 saturated carbocycles. The van der Waals surface area contributed by atoms with Crippen molar-refractivity contribution in [1.29, 1.82) is 0 Å². The van der Waals surface area contributed by atoms with Gasteiger partial charge in [0.1, 0.15) is 11.6 Å². The summed E-state index contributed by atoms with van der Waals surface area (Å²) in [5.74, 6) is 0.194. The fourth-order valence-corrected chi connectivity index (χ4v) is 4.16. The van der Waals surface area contributed by atoms with E-state index in [9.17, 15) is 9.18 Å². The number of nitrogens with zero attached hydrogens (tertiary/aromatic N) is 1. The van der Waals surface area contributed by atoms with Gasteiger partial charge in [0.2, 0.25) is 0 Å². The highest BCUT2D eigenvalue weighted by molar-refractivity contribution is 7.19. The Labute approximate surface area is 190 Å². The number of thiazole rings is 1. The largest absolute Gasteiger partial charge is 0.494 e. The van der Waals surface area contributed by atoms with Crippen LogP contribution < -0.4 is 10.1 Å². The number of nitrogens with one attached hydrogen (secondary N) is 1. The average Bonchev–Trinajstić information content (AvgIpc) is 3.24. The second-order valence-electron chi connectivity index (χ2n) is 7.25. The van der Waals surface area contributed by atoms with E-state index in [0.717, 1.165) is 34.6 Å². The molecule has 4 rings (SSSR count). The molecule has 0 atom stereocenters. The summed E-state index contributed by atoms with van der Waals surface area (Å²) < 4.78 is 19.1. The van der Waals surface area contributed by atoms with Crippen LogP contribution in [0.2, 0.25) is 0 Å². The molecule has 1 aromatic heterocycles. The molecular weight excluding hydrogens is 423 g/mol. The number of aromatic nitrogens is 1. The molecule has 1 amide bonds. The van der Waals surface area contributed by atoms with Crippen molar-refractivity contribution in [2.75, 3.05) is 11.9 Å². The molecule has 162 valence electrons. The Morgan fingerprint density at radius 3 is 2.38 bits per heavy atom. The topological polar surface area (TPSA) is 51.2 Å². The third-order valence-electron chi connectivity index (χ3n) is 4.88. The maximum absolute atomic E-state index is 13.4. The maximum Gasteiger partial charge on any atom is 0.257 e. The highest BCUT2D eigenvalue weighted by atomic mass is 32.1. The lowest BCUT2D eigenvalue weighted by Crippen LogP contribution is -2.11. The van der Waals surface area contributed by atoms with Crippen molar-refractivity contribution in [3.8, 4) is 27.4 Å². The zero-order valence-electron chi connectivity index (χ0n) is 17.7. The Morgan fingerprint density at radius 1 is 0.969 bits per heavy atom. The predicted molar refractivity (Wildman–Crippen MR) is 128 cm³/mol. The third-order valence-corrected chi connectivity index (χ3v) is 5.90. The first-order chi connectivity index (χ1) is 15.6. The quantitative estimate of drug-likeness (QED) is 0.295. The first kappa shape index (κ1) is 21.7.